The summed E-state index contributed by atoms with van der Waals surface area (Å²) in [6.45, 7) is 9.09. The van der Waals surface area contributed by atoms with E-state index in [1.54, 1.807) is 0 Å². The Kier molecular flexibility index (Phi) is 21.6. The van der Waals surface area contributed by atoms with E-state index in [-0.39, 0.29) is 33.6 Å². The van der Waals surface area contributed by atoms with Crippen molar-refractivity contribution in [1.82, 2.24) is 0 Å². The molecule has 0 aromatic heterocycles. The van der Waals surface area contributed by atoms with Gasteiger partial charge in [0.25, 0.3) is 0 Å². The van der Waals surface area contributed by atoms with Crippen molar-refractivity contribution in [2.45, 2.75) is 0 Å². The Hall–Kier alpha value is 0.423. The maximum atomic E-state index is 9.36. The summed E-state index contributed by atoms with van der Waals surface area (Å²) < 4.78 is 0. The summed E-state index contributed by atoms with van der Waals surface area (Å²) in [6.07, 6.45) is 0.944. The second kappa shape index (κ2) is 9.66. The minimum absolute atomic E-state index is 0. The maximum absolute atomic E-state index is 9.36. The van der Waals surface area contributed by atoms with Crippen LogP contribution in [0.2, 0.25) is 0 Å². The first-order valence-corrected chi connectivity index (χ1v) is 1.15. The van der Waals surface area contributed by atoms with Crippen LogP contribution in [-0.2, 0) is 38.4 Å². The standard InChI is InChI=1S/C4H3O.Cu.Ni/c1-3-4(2)5;;/h3H,1H2;;. The minimum atomic E-state index is -0.731. The molecule has 0 bridgehead atoms. The molecule has 0 heterocycles. The average Bonchev–Trinajstić information content (AvgIpc) is 1.38. The first kappa shape index (κ1) is 15.7. The topological polar surface area (TPSA) is 17.1 Å². The molecule has 0 saturated heterocycles. The fraction of sp³-hybridized carbons (Fsp3) is 0. The van der Waals surface area contributed by atoms with Crippen LogP contribution in [-0.4, -0.2) is 5.78 Å². The van der Waals surface area contributed by atoms with E-state index in [0.29, 0.717) is 0 Å². The minimum Gasteiger partial charge on any atom is -0.294 e. The molecule has 0 unspecified atom stereocenters. The van der Waals surface area contributed by atoms with Gasteiger partial charge in [0.2, 0.25) is 0 Å². The number of rotatable bonds is 1. The number of carbonyl (C=O) groups is 1. The van der Waals surface area contributed by atoms with Crippen LogP contribution in [0.4, 0.5) is 0 Å². The maximum Gasteiger partial charge on any atom is 0.164 e. The van der Waals surface area contributed by atoms with Crippen molar-refractivity contribution >= 4 is 5.78 Å². The first-order valence-electron chi connectivity index (χ1n) is 1.15. The second-order valence-electron chi connectivity index (χ2n) is 0.568. The van der Waals surface area contributed by atoms with E-state index in [0.717, 1.165) is 6.08 Å². The molecule has 0 fully saturated rings. The Labute approximate surface area is 63.9 Å². The molecule has 0 rings (SSSR count). The largest absolute Gasteiger partial charge is 0.294 e. The van der Waals surface area contributed by atoms with Gasteiger partial charge < -0.3 is 0 Å². The van der Waals surface area contributed by atoms with Gasteiger partial charge in [0.15, 0.2) is 5.78 Å². The summed E-state index contributed by atoms with van der Waals surface area (Å²) in [7, 11) is 0. The van der Waals surface area contributed by atoms with Gasteiger partial charge in [-0.2, -0.15) is 0 Å². The summed E-state index contributed by atoms with van der Waals surface area (Å²) in [6, 6.07) is 0. The Morgan fingerprint density at radius 2 is 1.86 bits per heavy atom. The van der Waals surface area contributed by atoms with Gasteiger partial charge >= 0.3 is 0 Å². The fourth-order valence-corrected chi connectivity index (χ4v) is 0. The molecule has 3 heteroatoms. The summed E-state index contributed by atoms with van der Waals surface area (Å²) >= 11 is 0. The Morgan fingerprint density at radius 3 is 1.86 bits per heavy atom. The molecule has 0 saturated carbocycles. The number of carbonyl (C=O) groups excluding carboxylic acids is 1. The quantitative estimate of drug-likeness (QED) is 0.429. The van der Waals surface area contributed by atoms with E-state index >= 15 is 0 Å². The zero-order chi connectivity index (χ0) is 4.28. The van der Waals surface area contributed by atoms with Crippen LogP contribution in [0.3, 0.4) is 0 Å². The van der Waals surface area contributed by atoms with Crippen molar-refractivity contribution in [2.75, 3.05) is 0 Å². The zero-order valence-corrected chi connectivity index (χ0v) is 5.24. The number of ketones is 1. The summed E-state index contributed by atoms with van der Waals surface area (Å²) in [5, 5.41) is 0. The molecule has 7 heavy (non-hydrogen) atoms. The molecule has 0 spiro atoms. The van der Waals surface area contributed by atoms with Crippen LogP contribution in [0.1, 0.15) is 0 Å². The SMILES string of the molecule is [C]C(=O)C=C.[Cu].[Ni]. The molecule has 0 aliphatic rings. The van der Waals surface area contributed by atoms with Crippen LogP contribution >= 0.6 is 0 Å². The van der Waals surface area contributed by atoms with Crippen LogP contribution in [0.15, 0.2) is 12.7 Å². The van der Waals surface area contributed by atoms with E-state index in [4.69, 9.17) is 6.92 Å². The molecule has 0 aliphatic heterocycles. The third-order valence-electron chi connectivity index (χ3n) is 0.185. The van der Waals surface area contributed by atoms with Gasteiger partial charge in [0, 0.05) is 33.6 Å². The molecular weight excluding hydrogens is 186 g/mol. The first-order chi connectivity index (χ1) is 2.27. The van der Waals surface area contributed by atoms with Crippen LogP contribution < -0.4 is 0 Å². The fourth-order valence-electron chi connectivity index (χ4n) is 0. The molecule has 0 aromatic rings. The van der Waals surface area contributed by atoms with Gasteiger partial charge in [-0.05, 0) is 6.08 Å². The third kappa shape index (κ3) is 21.4. The summed E-state index contributed by atoms with van der Waals surface area (Å²) in [4.78, 5) is 9.36. The predicted molar refractivity (Wildman–Crippen MR) is 18.4 cm³/mol. The monoisotopic (exact) mass is 188 g/mol. The number of allylic oxidation sites excluding steroid dienone is 1. The van der Waals surface area contributed by atoms with Gasteiger partial charge in [-0.15, -0.1) is 0 Å². The molecule has 0 aliphatic carbocycles. The van der Waals surface area contributed by atoms with Gasteiger partial charge in [-0.25, -0.2) is 0 Å². The van der Waals surface area contributed by atoms with Gasteiger partial charge in [0.05, 0.1) is 6.92 Å². The molecule has 0 N–H and O–H groups in total. The van der Waals surface area contributed by atoms with Crippen molar-refractivity contribution in [3.63, 3.8) is 0 Å². The van der Waals surface area contributed by atoms with E-state index in [2.05, 4.69) is 6.58 Å². The van der Waals surface area contributed by atoms with E-state index in [9.17, 15) is 4.79 Å². The van der Waals surface area contributed by atoms with Crippen molar-refractivity contribution in [2.24, 2.45) is 0 Å². The van der Waals surface area contributed by atoms with Crippen molar-refractivity contribution in [1.29, 1.82) is 0 Å². The van der Waals surface area contributed by atoms with Gasteiger partial charge in [0.1, 0.15) is 0 Å². The predicted octanol–water partition coefficient (Wildman–Crippen LogP) is 0.325. The third-order valence-corrected chi connectivity index (χ3v) is 0.185. The second-order valence-corrected chi connectivity index (χ2v) is 0.568. The Balaban J connectivity index is -0.0000000800. The zero-order valence-electron chi connectivity index (χ0n) is 3.31. The molecule has 46 valence electrons. The van der Waals surface area contributed by atoms with Crippen molar-refractivity contribution in [3.8, 4) is 0 Å². The smallest absolute Gasteiger partial charge is 0.164 e. The van der Waals surface area contributed by atoms with Crippen LogP contribution in [0, 0.1) is 6.92 Å². The van der Waals surface area contributed by atoms with E-state index < -0.39 is 5.78 Å². The summed E-state index contributed by atoms with van der Waals surface area (Å²) in [5.41, 5.74) is 0. The molecule has 0 amide bonds. The van der Waals surface area contributed by atoms with Crippen LogP contribution in [0.5, 0.6) is 0 Å². The van der Waals surface area contributed by atoms with Crippen LogP contribution in [0.25, 0.3) is 0 Å². The Bertz CT molecular complexity index is 62.7. The van der Waals surface area contributed by atoms with Gasteiger partial charge in [-0.1, -0.05) is 6.58 Å². The number of hydrogen-bond acceptors (Lipinski definition) is 1. The molecule has 0 atom stereocenters. The van der Waals surface area contributed by atoms with E-state index in [1.165, 1.54) is 0 Å². The average molecular weight is 189 g/mol. The number of hydrogen-bond donors (Lipinski definition) is 0. The normalized spacial score (nSPS) is 4.71. The molecule has 0 aromatic carbocycles. The van der Waals surface area contributed by atoms with Crippen molar-refractivity contribution < 1.29 is 38.4 Å². The Morgan fingerprint density at radius 1 is 1.71 bits per heavy atom. The molecule has 1 nitrogen and oxygen atoms in total. The molecule has 4 radical (unpaired) electrons. The summed E-state index contributed by atoms with van der Waals surface area (Å²) in [5.74, 6) is -0.731. The van der Waals surface area contributed by atoms with E-state index in [1.807, 2.05) is 0 Å². The van der Waals surface area contributed by atoms with Gasteiger partial charge in [-0.3, -0.25) is 4.79 Å². The van der Waals surface area contributed by atoms with Crippen molar-refractivity contribution in [3.05, 3.63) is 19.6 Å². The molecular formula is C4H3CuNiO.